The molecular weight excluding hydrogens is 332 g/mol. The van der Waals surface area contributed by atoms with E-state index >= 15 is 0 Å². The molecule has 2 N–H and O–H groups in total. The van der Waals surface area contributed by atoms with Gasteiger partial charge in [0.15, 0.2) is 14.7 Å². The molecule has 0 bridgehead atoms. The van der Waals surface area contributed by atoms with Crippen molar-refractivity contribution < 1.29 is 22.7 Å². The van der Waals surface area contributed by atoms with Gasteiger partial charge < -0.3 is 9.47 Å². The van der Waals surface area contributed by atoms with Gasteiger partial charge in [-0.25, -0.2) is 13.8 Å². The van der Waals surface area contributed by atoms with Gasteiger partial charge in [-0.05, 0) is 23.6 Å². The van der Waals surface area contributed by atoms with Crippen molar-refractivity contribution in [3.63, 3.8) is 0 Å². The number of amides is 1. The van der Waals surface area contributed by atoms with Crippen LogP contribution in [0.25, 0.3) is 6.08 Å². The fraction of sp³-hybridized carbons (Fsp3) is 0.438. The largest absolute Gasteiger partial charge is 0.495 e. The van der Waals surface area contributed by atoms with Crippen LogP contribution < -0.4 is 20.3 Å². The Balaban J connectivity index is 2.35. The van der Waals surface area contributed by atoms with E-state index in [1.54, 1.807) is 12.1 Å². The predicted octanol–water partition coefficient (Wildman–Crippen LogP) is 1.15. The standard InChI is InChI=1S/C16H22N2O5S/c1-10-7-15(19)18-17-12(10)6-5-11-8-13(22-2)16(24(4,20)21)14(9-11)23-3/h5-6,8-10,12,17H,7H2,1-4H3,(H,18,19)/b6-5+. The van der Waals surface area contributed by atoms with Gasteiger partial charge in [0, 0.05) is 18.7 Å². The summed E-state index contributed by atoms with van der Waals surface area (Å²) >= 11 is 0. The van der Waals surface area contributed by atoms with E-state index in [9.17, 15) is 13.2 Å². The summed E-state index contributed by atoms with van der Waals surface area (Å²) in [5.41, 5.74) is 6.28. The molecule has 1 amide bonds. The van der Waals surface area contributed by atoms with Crippen molar-refractivity contribution in [1.29, 1.82) is 0 Å². The fourth-order valence-corrected chi connectivity index (χ4v) is 3.61. The van der Waals surface area contributed by atoms with Crippen molar-refractivity contribution in [1.82, 2.24) is 10.9 Å². The molecule has 1 heterocycles. The van der Waals surface area contributed by atoms with E-state index in [-0.39, 0.29) is 34.3 Å². The van der Waals surface area contributed by atoms with Gasteiger partial charge in [-0.3, -0.25) is 10.2 Å². The Bertz CT molecular complexity index is 733. The number of hydrogen-bond acceptors (Lipinski definition) is 6. The Labute approximate surface area is 141 Å². The Kier molecular flexibility index (Phi) is 5.51. The molecule has 1 aromatic carbocycles. The first-order valence-corrected chi connectivity index (χ1v) is 9.34. The molecule has 1 aliphatic heterocycles. The number of hydrazine groups is 1. The zero-order valence-electron chi connectivity index (χ0n) is 14.1. The second kappa shape index (κ2) is 7.23. The van der Waals surface area contributed by atoms with Gasteiger partial charge in [0.25, 0.3) is 0 Å². The van der Waals surface area contributed by atoms with Gasteiger partial charge in [0.1, 0.15) is 11.5 Å². The van der Waals surface area contributed by atoms with Crippen LogP contribution in [0.5, 0.6) is 11.5 Å². The molecule has 2 unspecified atom stereocenters. The maximum Gasteiger partial charge on any atom is 0.234 e. The molecule has 1 aliphatic rings. The lowest BCUT2D eigenvalue weighted by atomic mass is 9.96. The van der Waals surface area contributed by atoms with E-state index in [1.165, 1.54) is 14.2 Å². The third kappa shape index (κ3) is 4.07. The number of hydrogen-bond donors (Lipinski definition) is 2. The van der Waals surface area contributed by atoms with E-state index < -0.39 is 9.84 Å². The summed E-state index contributed by atoms with van der Waals surface area (Å²) in [5.74, 6) is 0.575. The van der Waals surface area contributed by atoms with Crippen LogP contribution in [0.2, 0.25) is 0 Å². The minimum absolute atomic E-state index is 0.0192. The SMILES string of the molecule is COc1cc(/C=C/C2NNC(=O)CC2C)cc(OC)c1S(C)(=O)=O. The highest BCUT2D eigenvalue weighted by molar-refractivity contribution is 7.91. The summed E-state index contributed by atoms with van der Waals surface area (Å²) in [4.78, 5) is 11.3. The summed E-state index contributed by atoms with van der Waals surface area (Å²) in [5, 5.41) is 0. The average molecular weight is 354 g/mol. The number of methoxy groups -OCH3 is 2. The molecule has 132 valence electrons. The van der Waals surface area contributed by atoms with Gasteiger partial charge in [0.2, 0.25) is 5.91 Å². The smallest absolute Gasteiger partial charge is 0.234 e. The van der Waals surface area contributed by atoms with Crippen LogP contribution in [0.1, 0.15) is 18.9 Å². The zero-order chi connectivity index (χ0) is 17.9. The molecule has 7 nitrogen and oxygen atoms in total. The highest BCUT2D eigenvalue weighted by atomic mass is 32.2. The Morgan fingerprint density at radius 2 is 1.79 bits per heavy atom. The Hall–Kier alpha value is -2.06. The van der Waals surface area contributed by atoms with Crippen LogP contribution in [0, 0.1) is 5.92 Å². The van der Waals surface area contributed by atoms with E-state index in [0.29, 0.717) is 6.42 Å². The number of benzene rings is 1. The van der Waals surface area contributed by atoms with Gasteiger partial charge in [-0.2, -0.15) is 0 Å². The molecule has 0 spiro atoms. The van der Waals surface area contributed by atoms with Gasteiger partial charge in [0.05, 0.1) is 14.2 Å². The number of carbonyl (C=O) groups is 1. The minimum Gasteiger partial charge on any atom is -0.495 e. The second-order valence-corrected chi connectivity index (χ2v) is 7.74. The Morgan fingerprint density at radius 1 is 1.21 bits per heavy atom. The number of carbonyl (C=O) groups excluding carboxylic acids is 1. The molecule has 0 aliphatic carbocycles. The van der Waals surface area contributed by atoms with Gasteiger partial charge in [-0.1, -0.05) is 19.1 Å². The molecule has 24 heavy (non-hydrogen) atoms. The number of rotatable bonds is 5. The van der Waals surface area contributed by atoms with Crippen molar-refractivity contribution in [3.05, 3.63) is 23.8 Å². The minimum atomic E-state index is -3.49. The van der Waals surface area contributed by atoms with E-state index in [4.69, 9.17) is 9.47 Å². The molecule has 1 fully saturated rings. The molecule has 8 heteroatoms. The average Bonchev–Trinajstić information content (AvgIpc) is 2.51. The lowest BCUT2D eigenvalue weighted by Gasteiger charge is -2.27. The normalized spacial score (nSPS) is 21.6. The molecular formula is C16H22N2O5S. The van der Waals surface area contributed by atoms with Gasteiger partial charge in [-0.15, -0.1) is 0 Å². The van der Waals surface area contributed by atoms with E-state index in [2.05, 4.69) is 10.9 Å². The Morgan fingerprint density at radius 3 is 2.25 bits per heavy atom. The first-order valence-electron chi connectivity index (χ1n) is 7.45. The highest BCUT2D eigenvalue weighted by Gasteiger charge is 2.24. The van der Waals surface area contributed by atoms with Crippen LogP contribution in [-0.2, 0) is 14.6 Å². The first-order chi connectivity index (χ1) is 11.3. The quantitative estimate of drug-likeness (QED) is 0.824. The van der Waals surface area contributed by atoms with E-state index in [1.807, 2.05) is 19.1 Å². The number of ether oxygens (including phenoxy) is 2. The monoisotopic (exact) mass is 354 g/mol. The molecule has 0 saturated carbocycles. The highest BCUT2D eigenvalue weighted by Crippen LogP contribution is 2.35. The zero-order valence-corrected chi connectivity index (χ0v) is 14.9. The second-order valence-electron chi connectivity index (χ2n) is 5.79. The summed E-state index contributed by atoms with van der Waals surface area (Å²) in [6.45, 7) is 1.98. The number of sulfone groups is 1. The molecule has 2 rings (SSSR count). The lowest BCUT2D eigenvalue weighted by molar-refractivity contribution is -0.125. The summed E-state index contributed by atoms with van der Waals surface area (Å²) in [6.07, 6.45) is 5.31. The molecule has 0 radical (unpaired) electrons. The van der Waals surface area contributed by atoms with Crippen LogP contribution in [0.3, 0.4) is 0 Å². The van der Waals surface area contributed by atoms with Crippen LogP contribution >= 0.6 is 0 Å². The topological polar surface area (TPSA) is 93.7 Å². The van der Waals surface area contributed by atoms with Gasteiger partial charge >= 0.3 is 0 Å². The third-order valence-electron chi connectivity index (χ3n) is 3.85. The first kappa shape index (κ1) is 18.3. The third-order valence-corrected chi connectivity index (χ3v) is 4.99. The predicted molar refractivity (Wildman–Crippen MR) is 90.5 cm³/mol. The van der Waals surface area contributed by atoms with Crippen LogP contribution in [-0.4, -0.2) is 40.8 Å². The lowest BCUT2D eigenvalue weighted by Crippen LogP contribution is -2.52. The van der Waals surface area contributed by atoms with E-state index in [0.717, 1.165) is 11.8 Å². The van der Waals surface area contributed by atoms with Crippen LogP contribution in [0.15, 0.2) is 23.1 Å². The van der Waals surface area contributed by atoms with Crippen molar-refractivity contribution in [2.45, 2.75) is 24.3 Å². The maximum absolute atomic E-state index is 12.0. The van der Waals surface area contributed by atoms with Crippen molar-refractivity contribution in [2.24, 2.45) is 5.92 Å². The van der Waals surface area contributed by atoms with Crippen molar-refractivity contribution in [2.75, 3.05) is 20.5 Å². The molecule has 2 atom stereocenters. The molecule has 0 aromatic heterocycles. The molecule has 1 saturated heterocycles. The summed E-state index contributed by atoms with van der Waals surface area (Å²) in [6, 6.07) is 3.26. The summed E-state index contributed by atoms with van der Waals surface area (Å²) < 4.78 is 34.3. The fourth-order valence-electron chi connectivity index (χ4n) is 2.59. The molecule has 1 aromatic rings. The van der Waals surface area contributed by atoms with Crippen molar-refractivity contribution in [3.8, 4) is 11.5 Å². The van der Waals surface area contributed by atoms with Crippen LogP contribution in [0.4, 0.5) is 0 Å². The summed E-state index contributed by atoms with van der Waals surface area (Å²) in [7, 11) is -0.661. The van der Waals surface area contributed by atoms with Crippen molar-refractivity contribution >= 4 is 21.8 Å². The maximum atomic E-state index is 12.0. The number of nitrogens with one attached hydrogen (secondary N) is 2.